The standard InChI is InChI=1S/C19H20ClNO4/c1-2-25-17-9-7-16(8-10-17)21-18(22)12-14(19(23)24)11-13-3-5-15(20)6-4-13/h3-10,14H,2,11-12H2,1H3,(H,21,22)(H,23,24)/t14-/m1/s1. The van der Waals surface area contributed by atoms with Crippen molar-refractivity contribution in [3.05, 3.63) is 59.1 Å². The maximum Gasteiger partial charge on any atom is 0.307 e. The third kappa shape index (κ3) is 6.12. The fourth-order valence-electron chi connectivity index (χ4n) is 2.39. The van der Waals surface area contributed by atoms with Crippen molar-refractivity contribution in [2.24, 2.45) is 5.92 Å². The first-order chi connectivity index (χ1) is 12.0. The first-order valence-electron chi connectivity index (χ1n) is 7.98. The number of aliphatic carboxylic acids is 1. The van der Waals surface area contributed by atoms with Crippen molar-refractivity contribution < 1.29 is 19.4 Å². The average molecular weight is 362 g/mol. The third-order valence-corrected chi connectivity index (χ3v) is 3.88. The number of rotatable bonds is 8. The SMILES string of the molecule is CCOc1ccc(NC(=O)C[C@@H](Cc2ccc(Cl)cc2)C(=O)O)cc1. The number of carboxylic acid groups (broad SMARTS) is 1. The van der Waals surface area contributed by atoms with Crippen LogP contribution in [0, 0.1) is 5.92 Å². The van der Waals surface area contributed by atoms with Gasteiger partial charge in [-0.1, -0.05) is 23.7 Å². The maximum absolute atomic E-state index is 12.2. The fourth-order valence-corrected chi connectivity index (χ4v) is 2.51. The van der Waals surface area contributed by atoms with E-state index in [9.17, 15) is 14.7 Å². The van der Waals surface area contributed by atoms with Crippen molar-refractivity contribution in [1.82, 2.24) is 0 Å². The highest BCUT2D eigenvalue weighted by Gasteiger charge is 2.22. The van der Waals surface area contributed by atoms with Gasteiger partial charge in [0.1, 0.15) is 5.75 Å². The Morgan fingerprint density at radius 1 is 1.12 bits per heavy atom. The number of carbonyl (C=O) groups excluding carboxylic acids is 1. The number of halogens is 1. The van der Waals surface area contributed by atoms with Crippen LogP contribution in [0.1, 0.15) is 18.9 Å². The molecule has 2 aromatic carbocycles. The number of carboxylic acids is 1. The highest BCUT2D eigenvalue weighted by Crippen LogP contribution is 2.19. The van der Waals surface area contributed by atoms with E-state index in [1.165, 1.54) is 0 Å². The quantitative estimate of drug-likeness (QED) is 0.744. The molecular formula is C19H20ClNO4. The second-order valence-corrected chi connectivity index (χ2v) is 6.01. The highest BCUT2D eigenvalue weighted by molar-refractivity contribution is 6.30. The number of amides is 1. The number of nitrogens with one attached hydrogen (secondary N) is 1. The Morgan fingerprint density at radius 2 is 1.76 bits per heavy atom. The summed E-state index contributed by atoms with van der Waals surface area (Å²) in [6.45, 7) is 2.46. The van der Waals surface area contributed by atoms with Crippen LogP contribution in [-0.2, 0) is 16.0 Å². The van der Waals surface area contributed by atoms with E-state index in [-0.39, 0.29) is 18.7 Å². The molecule has 0 bridgehead atoms. The molecule has 5 nitrogen and oxygen atoms in total. The van der Waals surface area contributed by atoms with E-state index in [4.69, 9.17) is 16.3 Å². The molecule has 0 radical (unpaired) electrons. The van der Waals surface area contributed by atoms with Gasteiger partial charge in [-0.3, -0.25) is 9.59 Å². The predicted octanol–water partition coefficient (Wildman–Crippen LogP) is 4.01. The summed E-state index contributed by atoms with van der Waals surface area (Å²) < 4.78 is 5.34. The van der Waals surface area contributed by atoms with Crippen LogP contribution in [0.25, 0.3) is 0 Å². The lowest BCUT2D eigenvalue weighted by Crippen LogP contribution is -2.24. The molecule has 2 N–H and O–H groups in total. The van der Waals surface area contributed by atoms with Crippen LogP contribution < -0.4 is 10.1 Å². The topological polar surface area (TPSA) is 75.6 Å². The van der Waals surface area contributed by atoms with E-state index in [0.717, 1.165) is 5.56 Å². The molecule has 25 heavy (non-hydrogen) atoms. The van der Waals surface area contributed by atoms with Crippen LogP contribution in [0.3, 0.4) is 0 Å². The number of anilines is 1. The molecule has 0 saturated carbocycles. The lowest BCUT2D eigenvalue weighted by Gasteiger charge is -2.13. The first-order valence-corrected chi connectivity index (χ1v) is 8.35. The summed E-state index contributed by atoms with van der Waals surface area (Å²) in [5, 5.41) is 12.7. The van der Waals surface area contributed by atoms with Gasteiger partial charge >= 0.3 is 5.97 Å². The van der Waals surface area contributed by atoms with Crippen molar-refractivity contribution in [2.75, 3.05) is 11.9 Å². The minimum Gasteiger partial charge on any atom is -0.494 e. The normalized spacial score (nSPS) is 11.6. The maximum atomic E-state index is 12.2. The molecule has 0 aromatic heterocycles. The van der Waals surface area contributed by atoms with E-state index in [0.29, 0.717) is 23.1 Å². The molecule has 0 aliphatic heterocycles. The smallest absolute Gasteiger partial charge is 0.307 e. The van der Waals surface area contributed by atoms with Crippen molar-refractivity contribution in [1.29, 1.82) is 0 Å². The number of carbonyl (C=O) groups is 2. The zero-order valence-corrected chi connectivity index (χ0v) is 14.6. The van der Waals surface area contributed by atoms with Crippen molar-refractivity contribution >= 4 is 29.2 Å². The number of ether oxygens (including phenoxy) is 1. The molecule has 1 amide bonds. The molecule has 1 atom stereocenters. The van der Waals surface area contributed by atoms with Gasteiger partial charge in [0.2, 0.25) is 5.91 Å². The molecular weight excluding hydrogens is 342 g/mol. The Bertz CT molecular complexity index is 713. The second kappa shape index (κ2) is 9.08. The molecule has 0 saturated heterocycles. The molecule has 2 aromatic rings. The summed E-state index contributed by atoms with van der Waals surface area (Å²) in [7, 11) is 0. The third-order valence-electron chi connectivity index (χ3n) is 3.63. The molecule has 0 heterocycles. The summed E-state index contributed by atoms with van der Waals surface area (Å²) in [4.78, 5) is 23.6. The van der Waals surface area contributed by atoms with Crippen molar-refractivity contribution in [3.63, 3.8) is 0 Å². The minimum atomic E-state index is -1.00. The van der Waals surface area contributed by atoms with E-state index >= 15 is 0 Å². The predicted molar refractivity (Wildman–Crippen MR) is 97.1 cm³/mol. The van der Waals surface area contributed by atoms with Gasteiger partial charge in [-0.2, -0.15) is 0 Å². The van der Waals surface area contributed by atoms with Gasteiger partial charge in [0, 0.05) is 17.1 Å². The molecule has 0 fully saturated rings. The zero-order valence-electron chi connectivity index (χ0n) is 13.9. The van der Waals surface area contributed by atoms with Crippen LogP contribution >= 0.6 is 11.6 Å². The van der Waals surface area contributed by atoms with E-state index in [1.54, 1.807) is 48.5 Å². The van der Waals surface area contributed by atoms with Gasteiger partial charge in [-0.05, 0) is 55.3 Å². The number of hydrogen-bond acceptors (Lipinski definition) is 3. The number of benzene rings is 2. The van der Waals surface area contributed by atoms with Crippen LogP contribution in [-0.4, -0.2) is 23.6 Å². The molecule has 0 unspecified atom stereocenters. The molecule has 132 valence electrons. The lowest BCUT2D eigenvalue weighted by atomic mass is 9.96. The molecule has 2 rings (SSSR count). The summed E-state index contributed by atoms with van der Waals surface area (Å²) in [5.41, 5.74) is 1.43. The fraction of sp³-hybridized carbons (Fsp3) is 0.263. The van der Waals surface area contributed by atoms with Gasteiger partial charge < -0.3 is 15.2 Å². The highest BCUT2D eigenvalue weighted by atomic mass is 35.5. The molecule has 0 aliphatic carbocycles. The van der Waals surface area contributed by atoms with Crippen molar-refractivity contribution in [3.8, 4) is 5.75 Å². The minimum absolute atomic E-state index is 0.106. The summed E-state index contributed by atoms with van der Waals surface area (Å²) >= 11 is 5.83. The van der Waals surface area contributed by atoms with Crippen LogP contribution in [0.15, 0.2) is 48.5 Å². The summed E-state index contributed by atoms with van der Waals surface area (Å²) in [6, 6.07) is 13.9. The summed E-state index contributed by atoms with van der Waals surface area (Å²) in [6.07, 6.45) is 0.161. The zero-order chi connectivity index (χ0) is 18.2. The largest absolute Gasteiger partial charge is 0.494 e. The van der Waals surface area contributed by atoms with Crippen molar-refractivity contribution in [2.45, 2.75) is 19.8 Å². The molecule has 6 heteroatoms. The van der Waals surface area contributed by atoms with Gasteiger partial charge in [0.05, 0.1) is 12.5 Å². The summed E-state index contributed by atoms with van der Waals surface area (Å²) in [5.74, 6) is -1.43. The first kappa shape index (κ1) is 18.8. The monoisotopic (exact) mass is 361 g/mol. The van der Waals surface area contributed by atoms with Gasteiger partial charge in [-0.15, -0.1) is 0 Å². The van der Waals surface area contributed by atoms with Crippen LogP contribution in [0.2, 0.25) is 5.02 Å². The Kier molecular flexibility index (Phi) is 6.83. The van der Waals surface area contributed by atoms with E-state index < -0.39 is 11.9 Å². The Balaban J connectivity index is 1.95. The van der Waals surface area contributed by atoms with Crippen LogP contribution in [0.5, 0.6) is 5.75 Å². The van der Waals surface area contributed by atoms with E-state index in [2.05, 4.69) is 5.32 Å². The van der Waals surface area contributed by atoms with Gasteiger partial charge in [0.15, 0.2) is 0 Å². The Labute approximate surface area is 151 Å². The second-order valence-electron chi connectivity index (χ2n) is 5.58. The van der Waals surface area contributed by atoms with Crippen LogP contribution in [0.4, 0.5) is 5.69 Å². The molecule has 0 aliphatic rings. The Morgan fingerprint density at radius 3 is 2.32 bits per heavy atom. The average Bonchev–Trinajstić information content (AvgIpc) is 2.58. The lowest BCUT2D eigenvalue weighted by molar-refractivity contribution is -0.143. The molecule has 0 spiro atoms. The number of hydrogen-bond donors (Lipinski definition) is 2. The Hall–Kier alpha value is -2.53. The van der Waals surface area contributed by atoms with Gasteiger partial charge in [0.25, 0.3) is 0 Å². The van der Waals surface area contributed by atoms with Gasteiger partial charge in [-0.25, -0.2) is 0 Å². The van der Waals surface area contributed by atoms with E-state index in [1.807, 2.05) is 6.92 Å².